The van der Waals surface area contributed by atoms with Gasteiger partial charge in [-0.3, -0.25) is 0 Å². The molecule has 1 fully saturated rings. The molecule has 1 atom stereocenters. The first-order chi connectivity index (χ1) is 4.08. The van der Waals surface area contributed by atoms with E-state index in [1.165, 1.54) is 0 Å². The molecule has 0 heterocycles. The van der Waals surface area contributed by atoms with Crippen molar-refractivity contribution in [2.24, 2.45) is 5.41 Å². The highest BCUT2D eigenvalue weighted by molar-refractivity contribution is 9.25. The molecule has 48 valence electrons. The van der Waals surface area contributed by atoms with Crippen molar-refractivity contribution in [3.8, 4) is 6.07 Å². The van der Waals surface area contributed by atoms with Gasteiger partial charge in [0, 0.05) is 0 Å². The molecular formula is C6H5Br2N. The van der Waals surface area contributed by atoms with Crippen LogP contribution in [0, 0.1) is 16.7 Å². The average Bonchev–Trinajstić information content (AvgIpc) is 2.35. The topological polar surface area (TPSA) is 23.8 Å². The van der Waals surface area contributed by atoms with Gasteiger partial charge >= 0.3 is 0 Å². The highest BCUT2D eigenvalue weighted by Crippen LogP contribution is 2.66. The van der Waals surface area contributed by atoms with Gasteiger partial charge in [0.05, 0.1) is 6.07 Å². The van der Waals surface area contributed by atoms with Gasteiger partial charge in [-0.1, -0.05) is 37.9 Å². The minimum Gasteiger partial charge on any atom is -0.197 e. The summed E-state index contributed by atoms with van der Waals surface area (Å²) in [6, 6.07) is 2.18. The Morgan fingerprint density at radius 2 is 2.11 bits per heavy atom. The summed E-state index contributed by atoms with van der Waals surface area (Å²) in [7, 11) is 0. The van der Waals surface area contributed by atoms with Crippen LogP contribution in [0.5, 0.6) is 0 Å². The summed E-state index contributed by atoms with van der Waals surface area (Å²) >= 11 is 6.71. The van der Waals surface area contributed by atoms with E-state index in [9.17, 15) is 0 Å². The quantitative estimate of drug-likeness (QED) is 0.519. The Morgan fingerprint density at radius 3 is 2.11 bits per heavy atom. The zero-order valence-corrected chi connectivity index (χ0v) is 7.87. The van der Waals surface area contributed by atoms with Crippen LogP contribution in [-0.4, -0.2) is 3.23 Å². The normalized spacial score (nSPS) is 37.0. The molecule has 1 nitrogen and oxygen atoms in total. The first kappa shape index (κ1) is 7.30. The second-order valence-electron chi connectivity index (χ2n) is 2.17. The summed E-state index contributed by atoms with van der Waals surface area (Å²) in [6.45, 7) is 3.58. The smallest absolute Gasteiger partial charge is 0.105 e. The van der Waals surface area contributed by atoms with Crippen LogP contribution in [0.25, 0.3) is 0 Å². The van der Waals surface area contributed by atoms with Crippen LogP contribution >= 0.6 is 31.9 Å². The molecule has 0 radical (unpaired) electrons. The Morgan fingerprint density at radius 1 is 1.67 bits per heavy atom. The fourth-order valence-corrected chi connectivity index (χ4v) is 2.08. The van der Waals surface area contributed by atoms with Gasteiger partial charge in [0.25, 0.3) is 0 Å². The molecule has 0 aromatic carbocycles. The predicted molar refractivity (Wildman–Crippen MR) is 43.4 cm³/mol. The largest absolute Gasteiger partial charge is 0.197 e. The van der Waals surface area contributed by atoms with Gasteiger partial charge in [0.15, 0.2) is 0 Å². The van der Waals surface area contributed by atoms with E-state index in [4.69, 9.17) is 5.26 Å². The summed E-state index contributed by atoms with van der Waals surface area (Å²) < 4.78 is -0.191. The Balaban J connectivity index is 2.84. The third-order valence-electron chi connectivity index (χ3n) is 1.58. The Labute approximate surface area is 71.0 Å². The van der Waals surface area contributed by atoms with Gasteiger partial charge in [0.1, 0.15) is 8.65 Å². The second-order valence-corrected chi connectivity index (χ2v) is 5.94. The lowest BCUT2D eigenvalue weighted by atomic mass is 10.1. The standard InChI is InChI=1S/C6H5Br2N/c1-2-5(4-9)3-6(5,7)8/h2H,1,3H2. The third-order valence-corrected chi connectivity index (χ3v) is 3.55. The Hall–Kier alpha value is 0.190. The van der Waals surface area contributed by atoms with Gasteiger partial charge in [-0.15, -0.1) is 6.58 Å². The maximum Gasteiger partial charge on any atom is 0.105 e. The molecule has 1 aliphatic carbocycles. The monoisotopic (exact) mass is 249 g/mol. The number of allylic oxidation sites excluding steroid dienone is 1. The van der Waals surface area contributed by atoms with Crippen molar-refractivity contribution in [3.63, 3.8) is 0 Å². The molecule has 0 saturated heterocycles. The Kier molecular flexibility index (Phi) is 1.49. The minimum atomic E-state index is -0.368. The van der Waals surface area contributed by atoms with E-state index >= 15 is 0 Å². The van der Waals surface area contributed by atoms with E-state index in [-0.39, 0.29) is 8.65 Å². The van der Waals surface area contributed by atoms with Gasteiger partial charge < -0.3 is 0 Å². The van der Waals surface area contributed by atoms with E-state index in [0.29, 0.717) is 0 Å². The molecule has 0 amide bonds. The molecule has 3 heteroatoms. The van der Waals surface area contributed by atoms with Gasteiger partial charge in [-0.2, -0.15) is 5.26 Å². The van der Waals surface area contributed by atoms with Crippen LogP contribution in [0.2, 0.25) is 0 Å². The predicted octanol–water partition coefficient (Wildman–Crippen LogP) is 2.57. The number of alkyl halides is 2. The van der Waals surface area contributed by atoms with Crippen molar-refractivity contribution in [3.05, 3.63) is 12.7 Å². The highest BCUT2D eigenvalue weighted by Gasteiger charge is 2.64. The molecule has 0 bridgehead atoms. The van der Waals surface area contributed by atoms with Crippen molar-refractivity contribution < 1.29 is 0 Å². The molecule has 0 spiro atoms. The summed E-state index contributed by atoms with van der Waals surface area (Å²) in [5.41, 5.74) is -0.368. The molecule has 1 saturated carbocycles. The number of nitrogens with zero attached hydrogens (tertiary/aromatic N) is 1. The highest BCUT2D eigenvalue weighted by atomic mass is 79.9. The zero-order chi connectivity index (χ0) is 7.12. The second kappa shape index (κ2) is 1.83. The SMILES string of the molecule is C=CC1(C#N)CC1(Br)Br. The molecular weight excluding hydrogens is 246 g/mol. The first-order valence-corrected chi connectivity index (χ1v) is 4.09. The molecule has 0 aliphatic heterocycles. The minimum absolute atomic E-state index is 0.191. The lowest BCUT2D eigenvalue weighted by Gasteiger charge is -1.99. The van der Waals surface area contributed by atoms with Crippen molar-refractivity contribution in [2.75, 3.05) is 0 Å². The molecule has 0 N–H and O–H groups in total. The lowest BCUT2D eigenvalue weighted by Crippen LogP contribution is -1.99. The number of nitriles is 1. The fourth-order valence-electron chi connectivity index (χ4n) is 0.694. The van der Waals surface area contributed by atoms with E-state index in [1.807, 2.05) is 0 Å². The average molecular weight is 251 g/mol. The van der Waals surface area contributed by atoms with Crippen molar-refractivity contribution >= 4 is 31.9 Å². The van der Waals surface area contributed by atoms with Crippen LogP contribution in [0.3, 0.4) is 0 Å². The molecule has 0 aromatic rings. The molecule has 1 aliphatic rings. The fraction of sp³-hybridized carbons (Fsp3) is 0.500. The zero-order valence-electron chi connectivity index (χ0n) is 4.69. The van der Waals surface area contributed by atoms with Gasteiger partial charge in [0.2, 0.25) is 0 Å². The van der Waals surface area contributed by atoms with Gasteiger partial charge in [-0.25, -0.2) is 0 Å². The van der Waals surface area contributed by atoms with Crippen LogP contribution < -0.4 is 0 Å². The van der Waals surface area contributed by atoms with E-state index in [0.717, 1.165) is 6.42 Å². The summed E-state index contributed by atoms with van der Waals surface area (Å²) in [6.07, 6.45) is 2.48. The number of hydrogen-bond donors (Lipinski definition) is 0. The van der Waals surface area contributed by atoms with Crippen molar-refractivity contribution in [1.82, 2.24) is 0 Å². The molecule has 0 aromatic heterocycles. The van der Waals surface area contributed by atoms with Crippen molar-refractivity contribution in [1.29, 1.82) is 5.26 Å². The maximum absolute atomic E-state index is 8.61. The maximum atomic E-state index is 8.61. The van der Waals surface area contributed by atoms with E-state index in [1.54, 1.807) is 6.08 Å². The van der Waals surface area contributed by atoms with E-state index < -0.39 is 0 Å². The lowest BCUT2D eigenvalue weighted by molar-refractivity contribution is 0.878. The molecule has 1 unspecified atom stereocenters. The number of halogens is 2. The van der Waals surface area contributed by atoms with Gasteiger partial charge in [-0.05, 0) is 6.42 Å². The summed E-state index contributed by atoms with van der Waals surface area (Å²) in [4.78, 5) is 0. The van der Waals surface area contributed by atoms with Crippen LogP contribution in [0.4, 0.5) is 0 Å². The van der Waals surface area contributed by atoms with Crippen LogP contribution in [0.1, 0.15) is 6.42 Å². The van der Waals surface area contributed by atoms with Crippen molar-refractivity contribution in [2.45, 2.75) is 9.65 Å². The van der Waals surface area contributed by atoms with E-state index in [2.05, 4.69) is 44.5 Å². The Bertz CT molecular complexity index is 192. The molecule has 9 heavy (non-hydrogen) atoms. The third kappa shape index (κ3) is 0.852. The van der Waals surface area contributed by atoms with Crippen LogP contribution in [0.15, 0.2) is 12.7 Å². The number of hydrogen-bond acceptors (Lipinski definition) is 1. The number of rotatable bonds is 1. The molecule has 1 rings (SSSR count). The first-order valence-electron chi connectivity index (χ1n) is 2.51. The summed E-state index contributed by atoms with van der Waals surface area (Å²) in [5.74, 6) is 0. The van der Waals surface area contributed by atoms with Crippen LogP contribution in [-0.2, 0) is 0 Å². The summed E-state index contributed by atoms with van der Waals surface area (Å²) in [5, 5.41) is 8.61.